The van der Waals surface area contributed by atoms with Crippen LogP contribution in [0.5, 0.6) is 0 Å². The van der Waals surface area contributed by atoms with E-state index in [1.54, 1.807) is 13.0 Å². The highest BCUT2D eigenvalue weighted by Crippen LogP contribution is 2.18. The molecule has 3 heterocycles. The summed E-state index contributed by atoms with van der Waals surface area (Å²) >= 11 is 0. The van der Waals surface area contributed by atoms with Crippen LogP contribution in [0, 0.1) is 6.92 Å². The first kappa shape index (κ1) is 17.0. The van der Waals surface area contributed by atoms with Gasteiger partial charge in [0.2, 0.25) is 5.91 Å². The third-order valence-electron chi connectivity index (χ3n) is 4.60. The predicted molar refractivity (Wildman–Crippen MR) is 99.6 cm³/mol. The van der Waals surface area contributed by atoms with Gasteiger partial charge in [-0.15, -0.1) is 0 Å². The number of hydrogen-bond donors (Lipinski definition) is 2. The van der Waals surface area contributed by atoms with Gasteiger partial charge in [0.25, 0.3) is 11.5 Å². The minimum Gasteiger partial charge on any atom is -0.338 e. The Bertz CT molecular complexity index is 1100. The Labute approximate surface area is 154 Å². The molecule has 1 saturated heterocycles. The highest BCUT2D eigenvalue weighted by Gasteiger charge is 2.20. The van der Waals surface area contributed by atoms with Crippen LogP contribution in [0.4, 0.5) is 5.69 Å². The molecule has 1 aliphatic heterocycles. The van der Waals surface area contributed by atoms with Crippen LogP contribution < -0.4 is 10.9 Å². The summed E-state index contributed by atoms with van der Waals surface area (Å²) in [6, 6.07) is 8.80. The number of carbonyl (C=O) groups is 2. The molecule has 3 aromatic rings. The number of hydrogen-bond acceptors (Lipinski definition) is 4. The summed E-state index contributed by atoms with van der Waals surface area (Å²) in [5.74, 6) is -0.198. The zero-order valence-corrected chi connectivity index (χ0v) is 14.9. The lowest BCUT2D eigenvalue weighted by molar-refractivity contribution is -0.128. The lowest BCUT2D eigenvalue weighted by Crippen LogP contribution is -2.23. The lowest BCUT2D eigenvalue weighted by atomic mass is 10.2. The van der Waals surface area contributed by atoms with Crippen molar-refractivity contribution in [3.8, 4) is 0 Å². The molecule has 0 unspecified atom stereocenters. The van der Waals surface area contributed by atoms with E-state index < -0.39 is 0 Å². The molecular weight excluding hydrogens is 346 g/mol. The van der Waals surface area contributed by atoms with Gasteiger partial charge in [0, 0.05) is 43.2 Å². The van der Waals surface area contributed by atoms with E-state index in [4.69, 9.17) is 0 Å². The zero-order valence-electron chi connectivity index (χ0n) is 14.9. The molecule has 0 radical (unpaired) electrons. The van der Waals surface area contributed by atoms with Gasteiger partial charge < -0.3 is 10.2 Å². The number of aromatic amines is 1. The van der Waals surface area contributed by atoms with Crippen molar-refractivity contribution in [1.82, 2.24) is 19.5 Å². The maximum Gasteiger partial charge on any atom is 0.272 e. The van der Waals surface area contributed by atoms with Gasteiger partial charge >= 0.3 is 0 Å². The molecule has 4 rings (SSSR count). The molecule has 1 aliphatic rings. The Morgan fingerprint density at radius 2 is 2.15 bits per heavy atom. The molecule has 2 aromatic heterocycles. The topological polar surface area (TPSA) is 99.6 Å². The van der Waals surface area contributed by atoms with Crippen molar-refractivity contribution < 1.29 is 9.59 Å². The fourth-order valence-electron chi connectivity index (χ4n) is 3.30. The first-order valence-corrected chi connectivity index (χ1v) is 8.77. The molecule has 0 bridgehead atoms. The molecule has 8 nitrogen and oxygen atoms in total. The van der Waals surface area contributed by atoms with Crippen molar-refractivity contribution in [2.75, 3.05) is 11.9 Å². The molecule has 1 aromatic carbocycles. The second-order valence-electron chi connectivity index (χ2n) is 6.66. The third-order valence-corrected chi connectivity index (χ3v) is 4.60. The number of H-pyrrole nitrogens is 1. The van der Waals surface area contributed by atoms with E-state index >= 15 is 0 Å². The largest absolute Gasteiger partial charge is 0.338 e. The number of amides is 2. The zero-order chi connectivity index (χ0) is 19.0. The van der Waals surface area contributed by atoms with Gasteiger partial charge in [-0.2, -0.15) is 0 Å². The molecule has 2 amide bonds. The fraction of sp³-hybridized carbons (Fsp3) is 0.263. The quantitative estimate of drug-likeness (QED) is 0.735. The van der Waals surface area contributed by atoms with E-state index in [1.165, 1.54) is 16.8 Å². The summed E-state index contributed by atoms with van der Waals surface area (Å²) in [5, 5.41) is 5.59. The van der Waals surface area contributed by atoms with Crippen molar-refractivity contribution in [3.63, 3.8) is 0 Å². The molecule has 0 aliphatic carbocycles. The highest BCUT2D eigenvalue weighted by molar-refractivity contribution is 6.08. The Hall–Kier alpha value is -3.42. The van der Waals surface area contributed by atoms with E-state index in [0.717, 1.165) is 18.5 Å². The minimum atomic E-state index is -0.361. The summed E-state index contributed by atoms with van der Waals surface area (Å²) in [4.78, 5) is 42.5. The number of aromatic nitrogens is 3. The van der Waals surface area contributed by atoms with E-state index in [1.807, 2.05) is 23.1 Å². The number of anilines is 1. The average molecular weight is 365 g/mol. The summed E-state index contributed by atoms with van der Waals surface area (Å²) in [5.41, 5.74) is 2.43. The van der Waals surface area contributed by atoms with Gasteiger partial charge in [0.1, 0.15) is 5.56 Å². The highest BCUT2D eigenvalue weighted by atomic mass is 16.2. The number of aryl methyl sites for hydroxylation is 1. The predicted octanol–water partition coefficient (Wildman–Crippen LogP) is 1.71. The van der Waals surface area contributed by atoms with Crippen LogP contribution in [-0.4, -0.2) is 37.9 Å². The average Bonchev–Trinajstić information content (AvgIpc) is 3.22. The molecule has 27 heavy (non-hydrogen) atoms. The maximum absolute atomic E-state index is 12.7. The van der Waals surface area contributed by atoms with Gasteiger partial charge in [0.15, 0.2) is 5.65 Å². The Balaban J connectivity index is 1.56. The van der Waals surface area contributed by atoms with E-state index in [2.05, 4.69) is 15.4 Å². The van der Waals surface area contributed by atoms with Crippen LogP contribution >= 0.6 is 0 Å². The minimum absolute atomic E-state index is 0.162. The molecule has 8 heteroatoms. The summed E-state index contributed by atoms with van der Waals surface area (Å²) in [7, 11) is 0. The third kappa shape index (κ3) is 3.33. The first-order chi connectivity index (χ1) is 13.0. The Morgan fingerprint density at radius 3 is 2.93 bits per heavy atom. The Kier molecular flexibility index (Phi) is 4.23. The second-order valence-corrected chi connectivity index (χ2v) is 6.66. The number of likely N-dealkylation sites (tertiary alicyclic amines) is 1. The van der Waals surface area contributed by atoms with Crippen LogP contribution in [-0.2, 0) is 11.3 Å². The van der Waals surface area contributed by atoms with E-state index in [0.29, 0.717) is 24.3 Å². The molecular formula is C19H19N5O3. The summed E-state index contributed by atoms with van der Waals surface area (Å²) < 4.78 is 1.23. The molecule has 0 spiro atoms. The molecule has 0 saturated carbocycles. The summed E-state index contributed by atoms with van der Waals surface area (Å²) in [6.07, 6.45) is 2.95. The maximum atomic E-state index is 12.7. The molecule has 2 N–H and O–H groups in total. The number of carbonyl (C=O) groups excluding carboxylic acids is 2. The van der Waals surface area contributed by atoms with Gasteiger partial charge in [-0.1, -0.05) is 12.1 Å². The first-order valence-electron chi connectivity index (χ1n) is 8.77. The van der Waals surface area contributed by atoms with Crippen LogP contribution in [0.2, 0.25) is 0 Å². The second kappa shape index (κ2) is 6.71. The standard InChI is InChI=1S/C19H19N5O3/c1-12-8-17(26)24-18(21-12)15(10-20-24)19(27)22-14-5-2-4-13(9-14)11-23-7-3-6-16(23)25/h2,4-5,8-10,20H,3,6-7,11H2,1H3,(H,22,27). The van der Waals surface area contributed by atoms with Crippen molar-refractivity contribution in [2.24, 2.45) is 0 Å². The fourth-order valence-corrected chi connectivity index (χ4v) is 3.30. The monoisotopic (exact) mass is 365 g/mol. The van der Waals surface area contributed by atoms with Crippen molar-refractivity contribution in [3.05, 3.63) is 63.7 Å². The van der Waals surface area contributed by atoms with Gasteiger partial charge in [-0.3, -0.25) is 19.5 Å². The lowest BCUT2D eigenvalue weighted by Gasteiger charge is -2.16. The molecule has 1 fully saturated rings. The van der Waals surface area contributed by atoms with Crippen LogP contribution in [0.15, 0.2) is 41.3 Å². The number of nitrogens with zero attached hydrogens (tertiary/aromatic N) is 3. The Morgan fingerprint density at radius 1 is 1.30 bits per heavy atom. The van der Waals surface area contributed by atoms with E-state index in [9.17, 15) is 14.4 Å². The number of rotatable bonds is 4. The SMILES string of the molecule is Cc1cc(=O)n2[nH]cc(C(=O)Nc3cccc(CN4CCCC4=O)c3)c2n1. The van der Waals surface area contributed by atoms with Crippen molar-refractivity contribution in [2.45, 2.75) is 26.3 Å². The number of fused-ring (bicyclic) bond motifs is 1. The molecule has 0 atom stereocenters. The summed E-state index contributed by atoms with van der Waals surface area (Å²) in [6.45, 7) is 3.01. The number of nitrogens with one attached hydrogen (secondary N) is 2. The van der Waals surface area contributed by atoms with Crippen LogP contribution in [0.3, 0.4) is 0 Å². The van der Waals surface area contributed by atoms with Crippen LogP contribution in [0.25, 0.3) is 5.65 Å². The smallest absolute Gasteiger partial charge is 0.272 e. The van der Waals surface area contributed by atoms with Gasteiger partial charge in [0.05, 0.1) is 0 Å². The van der Waals surface area contributed by atoms with Gasteiger partial charge in [-0.05, 0) is 31.0 Å². The van der Waals surface area contributed by atoms with Crippen molar-refractivity contribution >= 4 is 23.1 Å². The molecule has 138 valence electrons. The van der Waals surface area contributed by atoms with Crippen LogP contribution in [0.1, 0.15) is 34.5 Å². The van der Waals surface area contributed by atoms with Crippen molar-refractivity contribution in [1.29, 1.82) is 0 Å². The normalized spacial score (nSPS) is 14.1. The number of benzene rings is 1. The van der Waals surface area contributed by atoms with Gasteiger partial charge in [-0.25, -0.2) is 9.50 Å². The van der Waals surface area contributed by atoms with E-state index in [-0.39, 0.29) is 28.6 Å².